The van der Waals surface area contributed by atoms with E-state index in [0.717, 1.165) is 25.7 Å². The minimum absolute atomic E-state index is 0.319. The summed E-state index contributed by atoms with van der Waals surface area (Å²) in [5.41, 5.74) is -1.91. The molecule has 0 aromatic carbocycles. The van der Waals surface area contributed by atoms with Crippen LogP contribution >= 0.6 is 0 Å². The van der Waals surface area contributed by atoms with Crippen LogP contribution in [0.25, 0.3) is 0 Å². The second-order valence-electron chi connectivity index (χ2n) is 5.62. The van der Waals surface area contributed by atoms with Crippen LogP contribution in [0.1, 0.15) is 53.4 Å². The monoisotopic (exact) mass is 298 g/mol. The van der Waals surface area contributed by atoms with Crippen molar-refractivity contribution in [1.82, 2.24) is 0 Å². The number of rotatable bonds is 11. The molecule has 0 saturated heterocycles. The smallest absolute Gasteiger partial charge is 0.380 e. The van der Waals surface area contributed by atoms with Gasteiger partial charge in [0.05, 0.1) is 13.2 Å². The van der Waals surface area contributed by atoms with E-state index in [1.807, 2.05) is 13.8 Å². The Bertz CT molecular complexity index is 228. The van der Waals surface area contributed by atoms with Gasteiger partial charge in [-0.2, -0.15) is 13.2 Å². The highest BCUT2D eigenvalue weighted by Crippen LogP contribution is 2.44. The van der Waals surface area contributed by atoms with Crippen LogP contribution in [0, 0.1) is 11.3 Å². The Morgan fingerprint density at radius 3 is 1.50 bits per heavy atom. The minimum Gasteiger partial charge on any atom is -0.380 e. The number of alkyl halides is 3. The summed E-state index contributed by atoms with van der Waals surface area (Å²) in [5.74, 6) is -0.578. The predicted octanol–water partition coefficient (Wildman–Crippen LogP) is 4.82. The molecule has 0 rings (SSSR count). The second-order valence-corrected chi connectivity index (χ2v) is 5.62. The predicted molar refractivity (Wildman–Crippen MR) is 74.8 cm³/mol. The number of unbranched alkanes of at least 4 members (excludes halogenated alkanes) is 2. The average molecular weight is 298 g/mol. The van der Waals surface area contributed by atoms with Gasteiger partial charge >= 0.3 is 6.18 Å². The first-order valence-electron chi connectivity index (χ1n) is 7.54. The van der Waals surface area contributed by atoms with E-state index >= 15 is 0 Å². The first-order chi connectivity index (χ1) is 9.31. The Balaban J connectivity index is 4.70. The summed E-state index contributed by atoms with van der Waals surface area (Å²) in [6.45, 7) is 7.24. The lowest BCUT2D eigenvalue weighted by Gasteiger charge is -2.38. The second kappa shape index (κ2) is 9.61. The molecule has 122 valence electrons. The Morgan fingerprint density at radius 1 is 0.850 bits per heavy atom. The van der Waals surface area contributed by atoms with Crippen molar-refractivity contribution in [1.29, 1.82) is 0 Å². The van der Waals surface area contributed by atoms with Gasteiger partial charge in [0.15, 0.2) is 0 Å². The van der Waals surface area contributed by atoms with Crippen LogP contribution in [-0.2, 0) is 9.47 Å². The molecular formula is C15H29F3O2. The van der Waals surface area contributed by atoms with Crippen LogP contribution in [0.4, 0.5) is 13.2 Å². The Morgan fingerprint density at radius 2 is 1.25 bits per heavy atom. The molecule has 0 unspecified atom stereocenters. The molecule has 0 atom stereocenters. The minimum atomic E-state index is -4.32. The van der Waals surface area contributed by atoms with Crippen LogP contribution in [0.2, 0.25) is 0 Å². The lowest BCUT2D eigenvalue weighted by molar-refractivity contribution is -0.271. The zero-order valence-electron chi connectivity index (χ0n) is 13.2. The molecule has 0 bridgehead atoms. The summed E-state index contributed by atoms with van der Waals surface area (Å²) < 4.78 is 51.0. The first kappa shape index (κ1) is 19.7. The van der Waals surface area contributed by atoms with Crippen LogP contribution in [0.5, 0.6) is 0 Å². The highest BCUT2D eigenvalue weighted by atomic mass is 19.4. The van der Waals surface area contributed by atoms with E-state index in [9.17, 15) is 13.2 Å². The fourth-order valence-corrected chi connectivity index (χ4v) is 1.87. The standard InChI is InChI=1S/C15H29F3O2/c1-5-7-9-19-11-14(13(3)4,15(16,17)18)12-20-10-8-6-2/h13H,5-12H2,1-4H3. The molecule has 0 fully saturated rings. The lowest BCUT2D eigenvalue weighted by atomic mass is 9.77. The number of ether oxygens (including phenoxy) is 2. The normalized spacial score (nSPS) is 13.2. The highest BCUT2D eigenvalue weighted by molar-refractivity contribution is 4.89. The van der Waals surface area contributed by atoms with Crippen molar-refractivity contribution in [2.24, 2.45) is 11.3 Å². The van der Waals surface area contributed by atoms with Gasteiger partial charge < -0.3 is 9.47 Å². The molecule has 0 aromatic heterocycles. The van der Waals surface area contributed by atoms with E-state index in [4.69, 9.17) is 9.47 Å². The van der Waals surface area contributed by atoms with Crippen molar-refractivity contribution in [3.05, 3.63) is 0 Å². The van der Waals surface area contributed by atoms with Gasteiger partial charge in [-0.3, -0.25) is 0 Å². The summed E-state index contributed by atoms with van der Waals surface area (Å²) in [6.07, 6.45) is -0.938. The van der Waals surface area contributed by atoms with Gasteiger partial charge in [-0.1, -0.05) is 40.5 Å². The van der Waals surface area contributed by atoms with Gasteiger partial charge in [0.25, 0.3) is 0 Å². The average Bonchev–Trinajstić information content (AvgIpc) is 2.35. The zero-order chi connectivity index (χ0) is 15.6. The van der Waals surface area contributed by atoms with Crippen LogP contribution in [0.15, 0.2) is 0 Å². The summed E-state index contributed by atoms with van der Waals surface area (Å²) in [5, 5.41) is 0. The van der Waals surface area contributed by atoms with Gasteiger partial charge in [0.2, 0.25) is 0 Å². The molecule has 0 aliphatic carbocycles. The third-order valence-corrected chi connectivity index (χ3v) is 3.67. The molecule has 0 radical (unpaired) electrons. The van der Waals surface area contributed by atoms with Gasteiger partial charge in [-0.15, -0.1) is 0 Å². The summed E-state index contributed by atoms with van der Waals surface area (Å²) in [4.78, 5) is 0. The van der Waals surface area contributed by atoms with Crippen molar-refractivity contribution in [2.45, 2.75) is 59.6 Å². The maximum atomic E-state index is 13.5. The molecule has 0 N–H and O–H groups in total. The number of hydrogen-bond donors (Lipinski definition) is 0. The summed E-state index contributed by atoms with van der Waals surface area (Å²) in [6, 6.07) is 0. The highest BCUT2D eigenvalue weighted by Gasteiger charge is 2.57. The zero-order valence-corrected chi connectivity index (χ0v) is 13.2. The topological polar surface area (TPSA) is 18.5 Å². The van der Waals surface area contributed by atoms with E-state index in [0.29, 0.717) is 13.2 Å². The third kappa shape index (κ3) is 6.00. The van der Waals surface area contributed by atoms with Gasteiger partial charge in [-0.05, 0) is 18.8 Å². The van der Waals surface area contributed by atoms with Gasteiger partial charge in [0, 0.05) is 13.2 Å². The van der Waals surface area contributed by atoms with Crippen LogP contribution < -0.4 is 0 Å². The van der Waals surface area contributed by atoms with Crippen molar-refractivity contribution < 1.29 is 22.6 Å². The Kier molecular flexibility index (Phi) is 9.47. The Labute approximate surface area is 121 Å². The number of halogens is 3. The molecule has 20 heavy (non-hydrogen) atoms. The molecule has 0 aliphatic rings. The lowest BCUT2D eigenvalue weighted by Crippen LogP contribution is -2.50. The largest absolute Gasteiger partial charge is 0.399 e. The molecule has 0 amide bonds. The Hall–Kier alpha value is -0.290. The molecule has 0 saturated carbocycles. The molecule has 2 nitrogen and oxygen atoms in total. The van der Waals surface area contributed by atoms with Crippen molar-refractivity contribution in [3.8, 4) is 0 Å². The van der Waals surface area contributed by atoms with Crippen molar-refractivity contribution >= 4 is 0 Å². The molecule has 0 aliphatic heterocycles. The first-order valence-corrected chi connectivity index (χ1v) is 7.54. The van der Waals surface area contributed by atoms with E-state index in [2.05, 4.69) is 0 Å². The third-order valence-electron chi connectivity index (χ3n) is 3.67. The van der Waals surface area contributed by atoms with Gasteiger partial charge in [-0.25, -0.2) is 0 Å². The summed E-state index contributed by atoms with van der Waals surface area (Å²) >= 11 is 0. The van der Waals surface area contributed by atoms with Gasteiger partial charge in [0.1, 0.15) is 5.41 Å². The fraction of sp³-hybridized carbons (Fsp3) is 1.00. The maximum Gasteiger partial charge on any atom is 0.399 e. The summed E-state index contributed by atoms with van der Waals surface area (Å²) in [7, 11) is 0. The molecule has 0 aromatic rings. The van der Waals surface area contributed by atoms with E-state index in [1.165, 1.54) is 0 Å². The molecule has 0 spiro atoms. The molecular weight excluding hydrogens is 269 g/mol. The van der Waals surface area contributed by atoms with E-state index < -0.39 is 17.5 Å². The van der Waals surface area contributed by atoms with Crippen LogP contribution in [-0.4, -0.2) is 32.6 Å². The van der Waals surface area contributed by atoms with E-state index in [1.54, 1.807) is 13.8 Å². The number of hydrogen-bond acceptors (Lipinski definition) is 2. The van der Waals surface area contributed by atoms with Crippen LogP contribution in [0.3, 0.4) is 0 Å². The van der Waals surface area contributed by atoms with E-state index in [-0.39, 0.29) is 13.2 Å². The molecule has 0 heterocycles. The quantitative estimate of drug-likeness (QED) is 0.509. The van der Waals surface area contributed by atoms with Crippen molar-refractivity contribution in [2.75, 3.05) is 26.4 Å². The molecule has 5 heteroatoms. The fourth-order valence-electron chi connectivity index (χ4n) is 1.87. The maximum absolute atomic E-state index is 13.5. The SMILES string of the molecule is CCCCOCC(COCCCC)(C(C)C)C(F)(F)F. The van der Waals surface area contributed by atoms with Crippen molar-refractivity contribution in [3.63, 3.8) is 0 Å².